The van der Waals surface area contributed by atoms with Crippen LogP contribution in [0.2, 0.25) is 0 Å². The number of benzene rings is 1. The molecule has 1 atom stereocenters. The quantitative estimate of drug-likeness (QED) is 0.0918. The SMILES string of the molecule is CCC(C(N)=NCc1[nH]c(Cc2[nH]cc(CCC(=O)O)c2CC(=O)O)c(CCC(=O)O)c1CC(=O)O)c1ccccc1. The van der Waals surface area contributed by atoms with E-state index >= 15 is 0 Å². The fourth-order valence-corrected chi connectivity index (χ4v) is 5.18. The van der Waals surface area contributed by atoms with Crippen LogP contribution in [0.25, 0.3) is 0 Å². The number of aromatic nitrogens is 2. The lowest BCUT2D eigenvalue weighted by Gasteiger charge is -2.15. The Bertz CT molecular complexity index is 1460. The number of nitrogens with two attached hydrogens (primary N) is 1. The number of aryl methyl sites for hydroxylation is 1. The van der Waals surface area contributed by atoms with E-state index in [4.69, 9.17) is 10.8 Å². The van der Waals surface area contributed by atoms with E-state index in [1.165, 1.54) is 0 Å². The van der Waals surface area contributed by atoms with E-state index in [9.17, 15) is 34.5 Å². The first-order chi connectivity index (χ1) is 20.0. The summed E-state index contributed by atoms with van der Waals surface area (Å²) in [6.45, 7) is 2.02. The number of carboxylic acids is 4. The number of amidine groups is 1. The normalized spacial score (nSPS) is 12.3. The van der Waals surface area contributed by atoms with E-state index in [2.05, 4.69) is 15.0 Å². The maximum atomic E-state index is 11.9. The summed E-state index contributed by atoms with van der Waals surface area (Å²) in [7, 11) is 0. The highest BCUT2D eigenvalue weighted by molar-refractivity contribution is 5.87. The number of hydrogen-bond donors (Lipinski definition) is 7. The lowest BCUT2D eigenvalue weighted by atomic mass is 9.95. The van der Waals surface area contributed by atoms with E-state index in [0.29, 0.717) is 51.6 Å². The average Bonchev–Trinajstić information content (AvgIpc) is 3.45. The zero-order valence-corrected chi connectivity index (χ0v) is 23.4. The largest absolute Gasteiger partial charge is 0.481 e. The second-order valence-corrected chi connectivity index (χ2v) is 10.0. The third kappa shape index (κ3) is 8.56. The van der Waals surface area contributed by atoms with Crippen LogP contribution >= 0.6 is 0 Å². The number of aliphatic carboxylic acids is 4. The number of aromatic amines is 2. The number of aliphatic imine (C=N–C) groups is 1. The molecule has 0 aliphatic heterocycles. The number of H-pyrrole nitrogens is 2. The molecule has 12 nitrogen and oxygen atoms in total. The summed E-state index contributed by atoms with van der Waals surface area (Å²) < 4.78 is 0. The lowest BCUT2D eigenvalue weighted by molar-refractivity contribution is -0.138. The molecule has 2 aromatic heterocycles. The second kappa shape index (κ2) is 14.7. The molecule has 0 bridgehead atoms. The van der Waals surface area contributed by atoms with Crippen molar-refractivity contribution in [3.05, 3.63) is 81.4 Å². The van der Waals surface area contributed by atoms with Crippen LogP contribution in [0, 0.1) is 0 Å². The zero-order chi connectivity index (χ0) is 30.8. The number of hydrogen-bond acceptors (Lipinski definition) is 5. The molecule has 2 heterocycles. The Hall–Kier alpha value is -4.87. The van der Waals surface area contributed by atoms with Crippen molar-refractivity contribution in [3.8, 4) is 0 Å². The molecule has 0 fully saturated rings. The molecule has 12 heteroatoms. The molecular formula is C30H36N4O8. The van der Waals surface area contributed by atoms with Crippen LogP contribution in [-0.2, 0) is 57.8 Å². The van der Waals surface area contributed by atoms with Crippen molar-refractivity contribution in [3.63, 3.8) is 0 Å². The Morgan fingerprint density at radius 3 is 2.02 bits per heavy atom. The third-order valence-corrected chi connectivity index (χ3v) is 7.16. The van der Waals surface area contributed by atoms with Gasteiger partial charge in [-0.05, 0) is 47.1 Å². The van der Waals surface area contributed by atoms with Gasteiger partial charge in [0.15, 0.2) is 0 Å². The van der Waals surface area contributed by atoms with Gasteiger partial charge in [-0.3, -0.25) is 24.2 Å². The summed E-state index contributed by atoms with van der Waals surface area (Å²) in [5, 5.41) is 37.7. The fourth-order valence-electron chi connectivity index (χ4n) is 5.18. The van der Waals surface area contributed by atoms with Gasteiger partial charge in [0.1, 0.15) is 5.84 Å². The molecule has 0 spiro atoms. The van der Waals surface area contributed by atoms with Gasteiger partial charge >= 0.3 is 23.9 Å². The summed E-state index contributed by atoms with van der Waals surface area (Å²) in [4.78, 5) is 56.9. The first-order valence-corrected chi connectivity index (χ1v) is 13.6. The molecule has 0 aliphatic carbocycles. The highest BCUT2D eigenvalue weighted by atomic mass is 16.4. The number of nitrogens with one attached hydrogen (secondary N) is 2. The van der Waals surface area contributed by atoms with Gasteiger partial charge in [-0.1, -0.05) is 37.3 Å². The van der Waals surface area contributed by atoms with Crippen LogP contribution in [0.1, 0.15) is 77.0 Å². The minimum atomic E-state index is -1.10. The first-order valence-electron chi connectivity index (χ1n) is 13.6. The van der Waals surface area contributed by atoms with Gasteiger partial charge in [-0.15, -0.1) is 0 Å². The molecule has 3 aromatic rings. The van der Waals surface area contributed by atoms with Crippen LogP contribution in [0.5, 0.6) is 0 Å². The van der Waals surface area contributed by atoms with Crippen molar-refractivity contribution in [2.24, 2.45) is 10.7 Å². The van der Waals surface area contributed by atoms with Crippen molar-refractivity contribution < 1.29 is 39.6 Å². The Morgan fingerprint density at radius 1 is 0.810 bits per heavy atom. The lowest BCUT2D eigenvalue weighted by Crippen LogP contribution is -2.22. The highest BCUT2D eigenvalue weighted by Gasteiger charge is 2.23. The summed E-state index contributed by atoms with van der Waals surface area (Å²) >= 11 is 0. The topological polar surface area (TPSA) is 219 Å². The zero-order valence-electron chi connectivity index (χ0n) is 23.4. The van der Waals surface area contributed by atoms with Crippen LogP contribution in [-0.4, -0.2) is 60.1 Å². The molecule has 0 saturated heterocycles. The standard InChI is InChI=1S/C30H36N4O8/c1-2-19(17-6-4-3-5-7-17)30(31)33-16-25-22(13-29(41)42)20(9-11-27(37)38)24(34-25)14-23-21(12-28(39)40)18(15-32-23)8-10-26(35)36/h3-7,15,19,32,34H,2,8-14,16H2,1H3,(H2,31,33)(H,35,36)(H,37,38)(H,39,40)(H,41,42). The van der Waals surface area contributed by atoms with Gasteiger partial charge in [-0.2, -0.15) is 0 Å². The maximum absolute atomic E-state index is 11.9. The van der Waals surface area contributed by atoms with Crippen LogP contribution < -0.4 is 5.73 Å². The van der Waals surface area contributed by atoms with Crippen molar-refractivity contribution in [2.45, 2.75) is 70.8 Å². The first kappa shape index (κ1) is 31.7. The van der Waals surface area contributed by atoms with Crippen molar-refractivity contribution in [1.82, 2.24) is 9.97 Å². The summed E-state index contributed by atoms with van der Waals surface area (Å²) in [6.07, 6.45) is 1.45. The predicted molar refractivity (Wildman–Crippen MR) is 154 cm³/mol. The number of carbonyl (C=O) groups is 4. The number of carboxylic acid groups (broad SMARTS) is 4. The molecule has 42 heavy (non-hydrogen) atoms. The molecule has 224 valence electrons. The van der Waals surface area contributed by atoms with Gasteiger partial charge < -0.3 is 36.1 Å². The number of rotatable bonds is 17. The van der Waals surface area contributed by atoms with Crippen LogP contribution in [0.15, 0.2) is 41.5 Å². The van der Waals surface area contributed by atoms with Crippen LogP contribution in [0.4, 0.5) is 0 Å². The van der Waals surface area contributed by atoms with Gasteiger partial charge in [0.2, 0.25) is 0 Å². The van der Waals surface area contributed by atoms with Gasteiger partial charge in [0.25, 0.3) is 0 Å². The van der Waals surface area contributed by atoms with E-state index in [0.717, 1.165) is 5.56 Å². The maximum Gasteiger partial charge on any atom is 0.307 e. The molecule has 0 aliphatic rings. The van der Waals surface area contributed by atoms with E-state index in [-0.39, 0.29) is 57.4 Å². The molecule has 0 radical (unpaired) electrons. The van der Waals surface area contributed by atoms with Gasteiger partial charge in [-0.25, -0.2) is 0 Å². The Balaban J connectivity index is 2.04. The molecule has 0 saturated carbocycles. The molecular weight excluding hydrogens is 544 g/mol. The van der Waals surface area contributed by atoms with E-state index in [1.807, 2.05) is 37.3 Å². The molecule has 3 rings (SSSR count). The molecule has 1 unspecified atom stereocenters. The summed E-state index contributed by atoms with van der Waals surface area (Å²) in [5.74, 6) is -4.02. The van der Waals surface area contributed by atoms with Crippen molar-refractivity contribution >= 4 is 29.7 Å². The minimum absolute atomic E-state index is 0.0361. The summed E-state index contributed by atoms with van der Waals surface area (Å²) in [6, 6.07) is 9.64. The minimum Gasteiger partial charge on any atom is -0.481 e. The Labute approximate surface area is 242 Å². The average molecular weight is 581 g/mol. The third-order valence-electron chi connectivity index (χ3n) is 7.16. The Morgan fingerprint density at radius 2 is 1.43 bits per heavy atom. The van der Waals surface area contributed by atoms with Gasteiger partial charge in [0, 0.05) is 48.5 Å². The van der Waals surface area contributed by atoms with Gasteiger partial charge in [0.05, 0.1) is 19.4 Å². The van der Waals surface area contributed by atoms with E-state index < -0.39 is 23.9 Å². The van der Waals surface area contributed by atoms with Crippen molar-refractivity contribution in [1.29, 1.82) is 0 Å². The highest BCUT2D eigenvalue weighted by Crippen LogP contribution is 2.28. The van der Waals surface area contributed by atoms with Crippen molar-refractivity contribution in [2.75, 3.05) is 0 Å². The van der Waals surface area contributed by atoms with E-state index in [1.54, 1.807) is 6.20 Å². The number of nitrogens with zero attached hydrogens (tertiary/aromatic N) is 1. The second-order valence-electron chi connectivity index (χ2n) is 10.0. The molecule has 0 amide bonds. The van der Waals surface area contributed by atoms with Crippen LogP contribution in [0.3, 0.4) is 0 Å². The molecule has 1 aromatic carbocycles. The predicted octanol–water partition coefficient (Wildman–Crippen LogP) is 3.27. The monoisotopic (exact) mass is 580 g/mol. The smallest absolute Gasteiger partial charge is 0.307 e. The fraction of sp³-hybridized carbons (Fsp3) is 0.367. The molecule has 8 N–H and O–H groups in total. The Kier molecular flexibility index (Phi) is 11.1. The summed E-state index contributed by atoms with van der Waals surface area (Å²) in [5.41, 5.74) is 10.8.